The lowest BCUT2D eigenvalue weighted by molar-refractivity contribution is -0.144. The van der Waals surface area contributed by atoms with Crippen molar-refractivity contribution in [2.75, 3.05) is 12.4 Å². The highest BCUT2D eigenvalue weighted by molar-refractivity contribution is 7.99. The van der Waals surface area contributed by atoms with Crippen molar-refractivity contribution < 1.29 is 14.3 Å². The van der Waals surface area contributed by atoms with Crippen molar-refractivity contribution in [2.45, 2.75) is 31.8 Å². The summed E-state index contributed by atoms with van der Waals surface area (Å²) in [6.07, 6.45) is 3.71. The Balaban J connectivity index is 1.70. The Kier molecular flexibility index (Phi) is 6.94. The minimum atomic E-state index is -0.202. The molecule has 1 aromatic heterocycles. The van der Waals surface area contributed by atoms with Gasteiger partial charge in [0.25, 0.3) is 0 Å². The van der Waals surface area contributed by atoms with Gasteiger partial charge in [-0.3, -0.25) is 9.78 Å². The lowest BCUT2D eigenvalue weighted by Crippen LogP contribution is -2.06. The van der Waals surface area contributed by atoms with Crippen molar-refractivity contribution in [1.82, 2.24) is 4.98 Å². The number of pyridine rings is 1. The summed E-state index contributed by atoms with van der Waals surface area (Å²) in [7, 11) is 0. The van der Waals surface area contributed by atoms with E-state index in [-0.39, 0.29) is 12.6 Å². The van der Waals surface area contributed by atoms with Crippen LogP contribution in [-0.2, 0) is 16.1 Å². The average molecular weight is 331 g/mol. The average Bonchev–Trinajstić information content (AvgIpc) is 2.55. The predicted molar refractivity (Wildman–Crippen MR) is 91.7 cm³/mol. The Hall–Kier alpha value is -2.01. The number of nitrogens with zero attached hydrogens (tertiary/aromatic N) is 1. The minimum absolute atomic E-state index is 0.202. The van der Waals surface area contributed by atoms with Gasteiger partial charge in [-0.15, -0.1) is 11.8 Å². The monoisotopic (exact) mass is 331 g/mol. The molecule has 0 aliphatic heterocycles. The van der Waals surface area contributed by atoms with Crippen molar-refractivity contribution >= 4 is 17.7 Å². The standard InChI is InChI=1S/C18H21NO3S/c1-3-21-16-10-15(11-19-12-16)13-22-18(20)8-9-23-17-6-4-14(2)5-7-17/h4-7,10-12H,3,8-9,13H2,1-2H3. The van der Waals surface area contributed by atoms with E-state index in [0.717, 1.165) is 10.5 Å². The first kappa shape index (κ1) is 17.3. The van der Waals surface area contributed by atoms with Gasteiger partial charge < -0.3 is 9.47 Å². The maximum Gasteiger partial charge on any atom is 0.306 e. The molecule has 0 radical (unpaired) electrons. The number of benzene rings is 1. The summed E-state index contributed by atoms with van der Waals surface area (Å²) in [5, 5.41) is 0. The van der Waals surface area contributed by atoms with Crippen LogP contribution in [0.1, 0.15) is 24.5 Å². The molecule has 0 fully saturated rings. The Labute approximate surface area is 141 Å². The van der Waals surface area contributed by atoms with E-state index in [0.29, 0.717) is 24.5 Å². The zero-order valence-electron chi connectivity index (χ0n) is 13.5. The largest absolute Gasteiger partial charge is 0.492 e. The SMILES string of the molecule is CCOc1cncc(COC(=O)CCSc2ccc(C)cc2)c1. The lowest BCUT2D eigenvalue weighted by atomic mass is 10.2. The normalized spacial score (nSPS) is 10.3. The molecular formula is C18H21NO3S. The number of rotatable bonds is 8. The van der Waals surface area contributed by atoms with Crippen LogP contribution in [0, 0.1) is 6.92 Å². The Morgan fingerprint density at radius 1 is 1.22 bits per heavy atom. The first-order chi connectivity index (χ1) is 11.2. The van der Waals surface area contributed by atoms with Crippen LogP contribution in [0.5, 0.6) is 5.75 Å². The third-order valence-electron chi connectivity index (χ3n) is 3.08. The molecule has 0 bridgehead atoms. The van der Waals surface area contributed by atoms with Crippen molar-refractivity contribution in [3.05, 3.63) is 53.9 Å². The molecule has 4 nitrogen and oxygen atoms in total. The van der Waals surface area contributed by atoms with Crippen LogP contribution in [0.4, 0.5) is 0 Å². The molecule has 0 aliphatic rings. The van der Waals surface area contributed by atoms with Crippen LogP contribution in [0.25, 0.3) is 0 Å². The number of esters is 1. The Morgan fingerprint density at radius 3 is 2.74 bits per heavy atom. The van der Waals surface area contributed by atoms with E-state index in [4.69, 9.17) is 9.47 Å². The molecular weight excluding hydrogens is 310 g/mol. The predicted octanol–water partition coefficient (Wildman–Crippen LogP) is 4.01. The van der Waals surface area contributed by atoms with E-state index in [9.17, 15) is 4.79 Å². The Morgan fingerprint density at radius 2 is 2.00 bits per heavy atom. The highest BCUT2D eigenvalue weighted by Crippen LogP contribution is 2.19. The Bertz CT molecular complexity index is 628. The van der Waals surface area contributed by atoms with Gasteiger partial charge in [-0.05, 0) is 32.0 Å². The summed E-state index contributed by atoms with van der Waals surface area (Å²) in [6, 6.07) is 10.1. The molecule has 0 amide bonds. The van der Waals surface area contributed by atoms with Crippen molar-refractivity contribution in [3.63, 3.8) is 0 Å². The number of hydrogen-bond acceptors (Lipinski definition) is 5. The molecule has 0 saturated heterocycles. The van der Waals surface area contributed by atoms with E-state index in [1.807, 2.05) is 13.0 Å². The zero-order chi connectivity index (χ0) is 16.5. The molecule has 122 valence electrons. The third-order valence-corrected chi connectivity index (χ3v) is 4.09. The van der Waals surface area contributed by atoms with Gasteiger partial charge >= 0.3 is 5.97 Å². The van der Waals surface area contributed by atoms with Crippen molar-refractivity contribution in [3.8, 4) is 5.75 Å². The number of carbonyl (C=O) groups is 1. The number of carbonyl (C=O) groups excluding carboxylic acids is 1. The van der Waals surface area contributed by atoms with Crippen LogP contribution in [-0.4, -0.2) is 23.3 Å². The summed E-state index contributed by atoms with van der Waals surface area (Å²) in [6.45, 7) is 4.78. The maximum absolute atomic E-state index is 11.8. The summed E-state index contributed by atoms with van der Waals surface area (Å²) in [5.41, 5.74) is 2.06. The smallest absolute Gasteiger partial charge is 0.306 e. The first-order valence-corrected chi connectivity index (χ1v) is 8.57. The molecule has 2 aromatic rings. The van der Waals surface area contributed by atoms with E-state index in [1.54, 1.807) is 24.2 Å². The number of hydrogen-bond donors (Lipinski definition) is 0. The van der Waals surface area contributed by atoms with Gasteiger partial charge in [0.2, 0.25) is 0 Å². The van der Waals surface area contributed by atoms with Crippen LogP contribution in [0.2, 0.25) is 0 Å². The van der Waals surface area contributed by atoms with Crippen LogP contribution in [0.3, 0.4) is 0 Å². The van der Waals surface area contributed by atoms with Gasteiger partial charge in [0.15, 0.2) is 0 Å². The molecule has 5 heteroatoms. The zero-order valence-corrected chi connectivity index (χ0v) is 14.3. The third kappa shape index (κ3) is 6.32. The molecule has 0 saturated carbocycles. The molecule has 0 aliphatic carbocycles. The molecule has 2 rings (SSSR count). The van der Waals surface area contributed by atoms with Gasteiger partial charge in [0.05, 0.1) is 19.2 Å². The van der Waals surface area contributed by atoms with Crippen LogP contribution < -0.4 is 4.74 Å². The highest BCUT2D eigenvalue weighted by Gasteiger charge is 2.05. The van der Waals surface area contributed by atoms with Gasteiger partial charge in [-0.1, -0.05) is 17.7 Å². The highest BCUT2D eigenvalue weighted by atomic mass is 32.2. The van der Waals surface area contributed by atoms with Gasteiger partial charge in [0, 0.05) is 22.4 Å². The summed E-state index contributed by atoms with van der Waals surface area (Å²) in [5.74, 6) is 1.20. The van der Waals surface area contributed by atoms with Crippen LogP contribution >= 0.6 is 11.8 Å². The van der Waals surface area contributed by atoms with Gasteiger partial charge in [0.1, 0.15) is 12.4 Å². The molecule has 1 heterocycles. The quantitative estimate of drug-likeness (QED) is 0.540. The molecule has 1 aromatic carbocycles. The number of ether oxygens (including phenoxy) is 2. The van der Waals surface area contributed by atoms with E-state index < -0.39 is 0 Å². The van der Waals surface area contributed by atoms with Gasteiger partial charge in [-0.25, -0.2) is 0 Å². The lowest BCUT2D eigenvalue weighted by Gasteiger charge is -2.07. The number of aryl methyl sites for hydroxylation is 1. The van der Waals surface area contributed by atoms with E-state index in [2.05, 4.69) is 36.2 Å². The fourth-order valence-corrected chi connectivity index (χ4v) is 2.74. The molecule has 0 atom stereocenters. The fourth-order valence-electron chi connectivity index (χ4n) is 1.91. The van der Waals surface area contributed by atoms with Crippen LogP contribution in [0.15, 0.2) is 47.6 Å². The van der Waals surface area contributed by atoms with Crippen molar-refractivity contribution in [2.24, 2.45) is 0 Å². The molecule has 0 unspecified atom stereocenters. The minimum Gasteiger partial charge on any atom is -0.492 e. The number of aromatic nitrogens is 1. The summed E-state index contributed by atoms with van der Waals surface area (Å²) in [4.78, 5) is 17.0. The second kappa shape index (κ2) is 9.20. The summed E-state index contributed by atoms with van der Waals surface area (Å²) >= 11 is 1.65. The molecule has 0 spiro atoms. The van der Waals surface area contributed by atoms with E-state index in [1.165, 1.54) is 5.56 Å². The topological polar surface area (TPSA) is 48.4 Å². The van der Waals surface area contributed by atoms with E-state index >= 15 is 0 Å². The van der Waals surface area contributed by atoms with Crippen molar-refractivity contribution in [1.29, 1.82) is 0 Å². The fraction of sp³-hybridized carbons (Fsp3) is 0.333. The summed E-state index contributed by atoms with van der Waals surface area (Å²) < 4.78 is 10.6. The number of thioether (sulfide) groups is 1. The molecule has 0 N–H and O–H groups in total. The maximum atomic E-state index is 11.8. The second-order valence-corrected chi connectivity index (χ2v) is 6.20. The second-order valence-electron chi connectivity index (χ2n) is 5.03. The molecule has 23 heavy (non-hydrogen) atoms. The first-order valence-electron chi connectivity index (χ1n) is 7.59. The van der Waals surface area contributed by atoms with Gasteiger partial charge in [-0.2, -0.15) is 0 Å².